The van der Waals surface area contributed by atoms with E-state index in [-0.39, 0.29) is 5.76 Å². The van der Waals surface area contributed by atoms with E-state index in [0.29, 0.717) is 5.76 Å². The second-order valence-electron chi connectivity index (χ2n) is 4.34. The smallest absolute Gasteiger partial charge is 0.277 e. The molecular weight excluding hydrogens is 254 g/mol. The molecule has 0 aromatic heterocycles. The number of hydrogen-bond acceptors (Lipinski definition) is 3. The van der Waals surface area contributed by atoms with Crippen LogP contribution < -0.4 is 0 Å². The molecule has 2 aromatic rings. The molecule has 98 valence electrons. The lowest BCUT2D eigenvalue weighted by Crippen LogP contribution is -2.03. The quantitative estimate of drug-likeness (QED) is 0.613. The van der Waals surface area contributed by atoms with Crippen molar-refractivity contribution in [2.75, 3.05) is 0 Å². The van der Waals surface area contributed by atoms with Crippen LogP contribution >= 0.6 is 0 Å². The van der Waals surface area contributed by atoms with Gasteiger partial charge < -0.3 is 4.74 Å². The molecule has 0 spiro atoms. The van der Waals surface area contributed by atoms with Gasteiger partial charge in [-0.05, 0) is 11.6 Å². The molecule has 0 bridgehead atoms. The van der Waals surface area contributed by atoms with Gasteiger partial charge in [-0.25, -0.2) is 0 Å². The summed E-state index contributed by atoms with van der Waals surface area (Å²) >= 11 is 0. The predicted molar refractivity (Wildman–Crippen MR) is 76.8 cm³/mol. The van der Waals surface area contributed by atoms with Crippen molar-refractivity contribution in [3.05, 3.63) is 87.6 Å². The standard InChI is InChI=1S/C16H11NO3/c18-17(19)11-16-14-9-5-4-8-13(14)10-15(20-16)12-6-2-1-3-7-12/h1-11H/b16-11+. The molecule has 0 fully saturated rings. The Kier molecular flexibility index (Phi) is 3.05. The van der Waals surface area contributed by atoms with Gasteiger partial charge in [-0.3, -0.25) is 10.1 Å². The maximum atomic E-state index is 10.8. The van der Waals surface area contributed by atoms with Gasteiger partial charge in [0.2, 0.25) is 5.76 Å². The molecule has 1 aliphatic heterocycles. The maximum Gasteiger partial charge on any atom is 0.277 e. The second-order valence-corrected chi connectivity index (χ2v) is 4.34. The first-order valence-corrected chi connectivity index (χ1v) is 6.14. The minimum absolute atomic E-state index is 0.256. The Balaban J connectivity index is 2.13. The van der Waals surface area contributed by atoms with E-state index in [0.717, 1.165) is 22.9 Å². The molecule has 3 rings (SSSR count). The number of benzene rings is 2. The van der Waals surface area contributed by atoms with Gasteiger partial charge in [0, 0.05) is 11.1 Å². The molecule has 0 amide bonds. The molecule has 4 heteroatoms. The predicted octanol–water partition coefficient (Wildman–Crippen LogP) is 3.79. The van der Waals surface area contributed by atoms with Gasteiger partial charge in [0.1, 0.15) is 5.76 Å². The summed E-state index contributed by atoms with van der Waals surface area (Å²) in [7, 11) is 0. The van der Waals surface area contributed by atoms with Crippen LogP contribution in [0.1, 0.15) is 16.7 Å². The summed E-state index contributed by atoms with van der Waals surface area (Å²) in [6.45, 7) is 0. The number of fused-ring (bicyclic) bond motifs is 1. The first-order chi connectivity index (χ1) is 9.74. The number of ether oxygens (including phenoxy) is 1. The Hall–Kier alpha value is -2.88. The number of nitro groups is 1. The van der Waals surface area contributed by atoms with Crippen LogP contribution in [-0.4, -0.2) is 4.92 Å². The van der Waals surface area contributed by atoms with Gasteiger partial charge in [0.25, 0.3) is 6.20 Å². The first kappa shape index (κ1) is 12.2. The first-order valence-electron chi connectivity index (χ1n) is 6.14. The van der Waals surface area contributed by atoms with Crippen molar-refractivity contribution < 1.29 is 9.66 Å². The van der Waals surface area contributed by atoms with Gasteiger partial charge in [0.15, 0.2) is 0 Å². The van der Waals surface area contributed by atoms with Crippen molar-refractivity contribution >= 4 is 17.6 Å². The Morgan fingerprint density at radius 3 is 2.45 bits per heavy atom. The van der Waals surface area contributed by atoms with Crippen LogP contribution in [0.5, 0.6) is 0 Å². The lowest BCUT2D eigenvalue weighted by molar-refractivity contribution is -0.402. The van der Waals surface area contributed by atoms with Crippen LogP contribution in [0.3, 0.4) is 0 Å². The fraction of sp³-hybridized carbons (Fsp3) is 0. The van der Waals surface area contributed by atoms with Crippen LogP contribution in [0.2, 0.25) is 0 Å². The van der Waals surface area contributed by atoms with E-state index < -0.39 is 4.92 Å². The van der Waals surface area contributed by atoms with Crippen LogP contribution in [0, 0.1) is 10.1 Å². The second kappa shape index (κ2) is 5.01. The SMILES string of the molecule is O=[N+]([O-])/C=C1/OC(c2ccccc2)=Cc2ccccc21. The van der Waals surface area contributed by atoms with E-state index in [2.05, 4.69) is 0 Å². The summed E-state index contributed by atoms with van der Waals surface area (Å²) in [5, 5.41) is 10.8. The molecule has 0 saturated heterocycles. The molecule has 0 N–H and O–H groups in total. The van der Waals surface area contributed by atoms with Gasteiger partial charge in [-0.15, -0.1) is 0 Å². The van der Waals surface area contributed by atoms with Crippen molar-refractivity contribution in [3.8, 4) is 0 Å². The van der Waals surface area contributed by atoms with E-state index in [4.69, 9.17) is 4.74 Å². The third kappa shape index (κ3) is 2.31. The minimum Gasteiger partial charge on any atom is -0.450 e. The molecule has 20 heavy (non-hydrogen) atoms. The highest BCUT2D eigenvalue weighted by Crippen LogP contribution is 2.34. The van der Waals surface area contributed by atoms with Crippen molar-refractivity contribution in [2.45, 2.75) is 0 Å². The van der Waals surface area contributed by atoms with Gasteiger partial charge in [0.05, 0.1) is 4.92 Å². The van der Waals surface area contributed by atoms with E-state index >= 15 is 0 Å². The highest BCUT2D eigenvalue weighted by atomic mass is 16.6. The van der Waals surface area contributed by atoms with E-state index in [9.17, 15) is 10.1 Å². The summed E-state index contributed by atoms with van der Waals surface area (Å²) in [4.78, 5) is 10.3. The van der Waals surface area contributed by atoms with E-state index in [1.807, 2.05) is 60.7 Å². The molecule has 1 heterocycles. The minimum atomic E-state index is -0.500. The highest BCUT2D eigenvalue weighted by molar-refractivity contribution is 5.88. The average Bonchev–Trinajstić information content (AvgIpc) is 2.47. The monoisotopic (exact) mass is 265 g/mol. The van der Waals surface area contributed by atoms with Crippen molar-refractivity contribution in [1.29, 1.82) is 0 Å². The normalized spacial score (nSPS) is 15.2. The Labute approximate surface area is 115 Å². The van der Waals surface area contributed by atoms with E-state index in [1.54, 1.807) is 0 Å². The zero-order valence-corrected chi connectivity index (χ0v) is 10.5. The summed E-state index contributed by atoms with van der Waals surface area (Å²) in [6, 6.07) is 17.0. The molecular formula is C16H11NO3. The zero-order chi connectivity index (χ0) is 13.9. The van der Waals surface area contributed by atoms with E-state index in [1.165, 1.54) is 0 Å². The van der Waals surface area contributed by atoms with Crippen LogP contribution in [0.4, 0.5) is 0 Å². The van der Waals surface area contributed by atoms with Crippen molar-refractivity contribution in [3.63, 3.8) is 0 Å². The third-order valence-corrected chi connectivity index (χ3v) is 3.01. The van der Waals surface area contributed by atoms with Crippen LogP contribution in [-0.2, 0) is 4.74 Å². The Morgan fingerprint density at radius 2 is 1.70 bits per heavy atom. The molecule has 0 radical (unpaired) electrons. The number of nitrogens with zero attached hydrogens (tertiary/aromatic N) is 1. The summed E-state index contributed by atoms with van der Waals surface area (Å²) < 4.78 is 5.69. The number of hydrogen-bond donors (Lipinski definition) is 0. The average molecular weight is 265 g/mol. The lowest BCUT2D eigenvalue weighted by atomic mass is 10.0. The van der Waals surface area contributed by atoms with Gasteiger partial charge in [-0.2, -0.15) is 0 Å². The third-order valence-electron chi connectivity index (χ3n) is 3.01. The molecule has 0 aliphatic carbocycles. The van der Waals surface area contributed by atoms with Crippen LogP contribution in [0.15, 0.2) is 60.8 Å². The molecule has 0 unspecified atom stereocenters. The highest BCUT2D eigenvalue weighted by Gasteiger charge is 2.20. The fourth-order valence-electron chi connectivity index (χ4n) is 2.13. The van der Waals surface area contributed by atoms with Gasteiger partial charge in [-0.1, -0.05) is 54.6 Å². The zero-order valence-electron chi connectivity index (χ0n) is 10.5. The van der Waals surface area contributed by atoms with Crippen molar-refractivity contribution in [2.24, 2.45) is 0 Å². The molecule has 0 atom stereocenters. The molecule has 0 saturated carbocycles. The summed E-state index contributed by atoms with van der Waals surface area (Å²) in [5.74, 6) is 0.865. The number of rotatable bonds is 2. The largest absolute Gasteiger partial charge is 0.450 e. The molecule has 1 aliphatic rings. The topological polar surface area (TPSA) is 52.4 Å². The Morgan fingerprint density at radius 1 is 1.00 bits per heavy atom. The van der Waals surface area contributed by atoms with Gasteiger partial charge >= 0.3 is 0 Å². The Bertz CT molecular complexity index is 718. The molecule has 4 nitrogen and oxygen atoms in total. The maximum absolute atomic E-state index is 10.8. The fourth-order valence-corrected chi connectivity index (χ4v) is 2.13. The lowest BCUT2D eigenvalue weighted by Gasteiger charge is -2.19. The summed E-state index contributed by atoms with van der Waals surface area (Å²) in [6.07, 6.45) is 2.79. The van der Waals surface area contributed by atoms with Crippen LogP contribution in [0.25, 0.3) is 17.6 Å². The summed E-state index contributed by atoms with van der Waals surface area (Å²) in [5.41, 5.74) is 2.52. The van der Waals surface area contributed by atoms with Crippen molar-refractivity contribution in [1.82, 2.24) is 0 Å². The molecule has 2 aromatic carbocycles.